The molecule has 0 unspecified atom stereocenters. The minimum Gasteiger partial charge on any atom is -0.314 e. The molecular formula is C17H25FN2. The summed E-state index contributed by atoms with van der Waals surface area (Å²) in [5.74, 6) is -0.0738. The van der Waals surface area contributed by atoms with E-state index in [1.165, 1.54) is 32.1 Å². The molecule has 20 heavy (non-hydrogen) atoms. The van der Waals surface area contributed by atoms with Crippen LogP contribution in [0.2, 0.25) is 0 Å². The Morgan fingerprint density at radius 1 is 1.25 bits per heavy atom. The summed E-state index contributed by atoms with van der Waals surface area (Å²) in [5.41, 5.74) is 2.17. The van der Waals surface area contributed by atoms with Crippen molar-refractivity contribution in [1.82, 2.24) is 10.2 Å². The molecule has 2 aliphatic rings. The molecule has 0 aromatic heterocycles. The van der Waals surface area contributed by atoms with Crippen molar-refractivity contribution in [2.45, 2.75) is 51.1 Å². The molecule has 0 bridgehead atoms. The van der Waals surface area contributed by atoms with E-state index in [1.54, 1.807) is 6.07 Å². The van der Waals surface area contributed by atoms with Gasteiger partial charge in [0.1, 0.15) is 5.82 Å². The van der Waals surface area contributed by atoms with Crippen LogP contribution in [-0.2, 0) is 6.54 Å². The minimum absolute atomic E-state index is 0.0738. The van der Waals surface area contributed by atoms with Crippen LogP contribution in [0.3, 0.4) is 0 Å². The molecule has 3 rings (SSSR count). The van der Waals surface area contributed by atoms with E-state index in [4.69, 9.17) is 0 Å². The maximum atomic E-state index is 13.7. The van der Waals surface area contributed by atoms with Gasteiger partial charge in [0.05, 0.1) is 0 Å². The first-order valence-corrected chi connectivity index (χ1v) is 7.90. The molecule has 1 aliphatic heterocycles. The van der Waals surface area contributed by atoms with Gasteiger partial charge in [-0.2, -0.15) is 0 Å². The molecule has 2 nitrogen and oxygen atoms in total. The van der Waals surface area contributed by atoms with Gasteiger partial charge in [0.15, 0.2) is 0 Å². The van der Waals surface area contributed by atoms with Crippen molar-refractivity contribution in [2.75, 3.05) is 19.6 Å². The Hall–Kier alpha value is -0.930. The Morgan fingerprint density at radius 3 is 2.80 bits per heavy atom. The van der Waals surface area contributed by atoms with Crippen LogP contribution < -0.4 is 5.32 Å². The lowest BCUT2D eigenvalue weighted by atomic mass is 9.79. The highest BCUT2D eigenvalue weighted by Crippen LogP contribution is 2.35. The molecule has 0 radical (unpaired) electrons. The van der Waals surface area contributed by atoms with E-state index in [0.29, 0.717) is 5.54 Å². The molecule has 1 aromatic carbocycles. The van der Waals surface area contributed by atoms with Gasteiger partial charge in [-0.1, -0.05) is 31.4 Å². The molecule has 0 atom stereocenters. The van der Waals surface area contributed by atoms with Crippen molar-refractivity contribution in [3.8, 4) is 0 Å². The summed E-state index contributed by atoms with van der Waals surface area (Å²) in [5, 5.41) is 3.57. The predicted octanol–water partition coefficient (Wildman–Crippen LogP) is 3.24. The SMILES string of the molecule is Cc1ccc(CN2CCNCC23CCCCC3)cc1F. The van der Waals surface area contributed by atoms with Gasteiger partial charge in [0.25, 0.3) is 0 Å². The van der Waals surface area contributed by atoms with Crippen LogP contribution in [0.5, 0.6) is 0 Å². The molecule has 3 heteroatoms. The number of hydrogen-bond donors (Lipinski definition) is 1. The van der Waals surface area contributed by atoms with E-state index < -0.39 is 0 Å². The first-order chi connectivity index (χ1) is 9.70. The number of nitrogens with one attached hydrogen (secondary N) is 1. The third-order valence-electron chi connectivity index (χ3n) is 5.08. The molecule has 0 amide bonds. The first kappa shape index (κ1) is 14.0. The van der Waals surface area contributed by atoms with Crippen molar-refractivity contribution in [1.29, 1.82) is 0 Å². The van der Waals surface area contributed by atoms with E-state index in [0.717, 1.165) is 37.3 Å². The molecule has 1 N–H and O–H groups in total. The summed E-state index contributed by atoms with van der Waals surface area (Å²) in [4.78, 5) is 2.60. The standard InChI is InChI=1S/C17H25FN2/c1-14-5-6-15(11-16(14)18)12-20-10-9-19-13-17(20)7-3-2-4-8-17/h5-6,11,19H,2-4,7-10,12-13H2,1H3. The fourth-order valence-electron chi connectivity index (χ4n) is 3.79. The van der Waals surface area contributed by atoms with Crippen molar-refractivity contribution >= 4 is 0 Å². The third kappa shape index (κ3) is 2.75. The molecule has 1 saturated carbocycles. The van der Waals surface area contributed by atoms with E-state index in [1.807, 2.05) is 13.0 Å². The zero-order valence-corrected chi connectivity index (χ0v) is 12.4. The van der Waals surface area contributed by atoms with E-state index in [2.05, 4.69) is 16.3 Å². The second kappa shape index (κ2) is 5.82. The number of nitrogens with zero attached hydrogens (tertiary/aromatic N) is 1. The fraction of sp³-hybridized carbons (Fsp3) is 0.647. The molecule has 110 valence electrons. The fourth-order valence-corrected chi connectivity index (χ4v) is 3.79. The maximum Gasteiger partial charge on any atom is 0.126 e. The minimum atomic E-state index is -0.0738. The average molecular weight is 276 g/mol. The monoisotopic (exact) mass is 276 g/mol. The van der Waals surface area contributed by atoms with Gasteiger partial charge in [-0.05, 0) is 37.0 Å². The quantitative estimate of drug-likeness (QED) is 0.892. The van der Waals surface area contributed by atoms with E-state index in [-0.39, 0.29) is 5.82 Å². The lowest BCUT2D eigenvalue weighted by Crippen LogP contribution is -2.61. The van der Waals surface area contributed by atoms with Gasteiger partial charge in [-0.3, -0.25) is 4.90 Å². The van der Waals surface area contributed by atoms with Gasteiger partial charge in [0.2, 0.25) is 0 Å². The second-order valence-electron chi connectivity index (χ2n) is 6.47. The van der Waals surface area contributed by atoms with E-state index >= 15 is 0 Å². The number of rotatable bonds is 2. The van der Waals surface area contributed by atoms with Crippen LogP contribution in [0.25, 0.3) is 0 Å². The van der Waals surface area contributed by atoms with Crippen molar-refractivity contribution in [2.24, 2.45) is 0 Å². The van der Waals surface area contributed by atoms with E-state index in [9.17, 15) is 4.39 Å². The van der Waals surface area contributed by atoms with Crippen LogP contribution in [0.4, 0.5) is 4.39 Å². The summed E-state index contributed by atoms with van der Waals surface area (Å²) in [6.45, 7) is 5.94. The number of aryl methyl sites for hydroxylation is 1. The van der Waals surface area contributed by atoms with Crippen LogP contribution >= 0.6 is 0 Å². The Morgan fingerprint density at radius 2 is 2.05 bits per heavy atom. The van der Waals surface area contributed by atoms with Crippen molar-refractivity contribution < 1.29 is 4.39 Å². The second-order valence-corrected chi connectivity index (χ2v) is 6.47. The predicted molar refractivity (Wildman–Crippen MR) is 80.2 cm³/mol. The molecule has 1 aliphatic carbocycles. The maximum absolute atomic E-state index is 13.7. The average Bonchev–Trinajstić information content (AvgIpc) is 2.47. The molecule has 1 aromatic rings. The number of halogens is 1. The number of hydrogen-bond acceptors (Lipinski definition) is 2. The lowest BCUT2D eigenvalue weighted by molar-refractivity contribution is 0.0208. The summed E-state index contributed by atoms with van der Waals surface area (Å²) >= 11 is 0. The molecular weight excluding hydrogens is 251 g/mol. The highest BCUT2D eigenvalue weighted by Gasteiger charge is 2.39. The molecule has 1 heterocycles. The smallest absolute Gasteiger partial charge is 0.126 e. The van der Waals surface area contributed by atoms with Gasteiger partial charge in [-0.25, -0.2) is 4.39 Å². The van der Waals surface area contributed by atoms with Gasteiger partial charge in [0, 0.05) is 31.7 Å². The number of benzene rings is 1. The van der Waals surface area contributed by atoms with Crippen molar-refractivity contribution in [3.05, 3.63) is 35.1 Å². The summed E-state index contributed by atoms with van der Waals surface area (Å²) in [6.07, 6.45) is 6.61. The Kier molecular flexibility index (Phi) is 4.08. The Balaban J connectivity index is 1.77. The van der Waals surface area contributed by atoms with Crippen LogP contribution in [0.1, 0.15) is 43.2 Å². The van der Waals surface area contributed by atoms with Gasteiger partial charge < -0.3 is 5.32 Å². The van der Waals surface area contributed by atoms with Crippen LogP contribution in [0.15, 0.2) is 18.2 Å². The van der Waals surface area contributed by atoms with Gasteiger partial charge >= 0.3 is 0 Å². The lowest BCUT2D eigenvalue weighted by Gasteiger charge is -2.50. The Bertz CT molecular complexity index is 458. The zero-order chi connectivity index (χ0) is 14.0. The zero-order valence-electron chi connectivity index (χ0n) is 12.4. The van der Waals surface area contributed by atoms with Crippen molar-refractivity contribution in [3.63, 3.8) is 0 Å². The highest BCUT2D eigenvalue weighted by molar-refractivity contribution is 5.23. The summed E-state index contributed by atoms with van der Waals surface area (Å²) in [7, 11) is 0. The summed E-state index contributed by atoms with van der Waals surface area (Å²) in [6, 6.07) is 5.70. The first-order valence-electron chi connectivity index (χ1n) is 7.90. The largest absolute Gasteiger partial charge is 0.314 e. The number of piperazine rings is 1. The van der Waals surface area contributed by atoms with Crippen LogP contribution in [-0.4, -0.2) is 30.1 Å². The summed E-state index contributed by atoms with van der Waals surface area (Å²) < 4.78 is 13.7. The third-order valence-corrected chi connectivity index (χ3v) is 5.08. The van der Waals surface area contributed by atoms with Gasteiger partial charge in [-0.15, -0.1) is 0 Å². The molecule has 2 fully saturated rings. The normalized spacial score (nSPS) is 23.1. The Labute approximate surface area is 121 Å². The van der Waals surface area contributed by atoms with Crippen LogP contribution in [0, 0.1) is 12.7 Å². The molecule has 1 saturated heterocycles. The molecule has 1 spiro atoms. The topological polar surface area (TPSA) is 15.3 Å². The highest BCUT2D eigenvalue weighted by atomic mass is 19.1.